The van der Waals surface area contributed by atoms with Gasteiger partial charge in [0.2, 0.25) is 0 Å². The van der Waals surface area contributed by atoms with Crippen LogP contribution in [0.4, 0.5) is 0 Å². The second-order valence-corrected chi connectivity index (χ2v) is 15.7. The molecule has 0 heterocycles. The van der Waals surface area contributed by atoms with Crippen molar-refractivity contribution in [3.05, 3.63) is 122 Å². The Balaban J connectivity index is 4.52. The Morgan fingerprint density at radius 1 is 0.533 bits per heavy atom. The van der Waals surface area contributed by atoms with Gasteiger partial charge in [-0.1, -0.05) is 155 Å². The lowest BCUT2D eigenvalue weighted by Gasteiger charge is -2.31. The molecule has 0 bridgehead atoms. The van der Waals surface area contributed by atoms with Gasteiger partial charge in [-0.15, -0.1) is 0 Å². The van der Waals surface area contributed by atoms with Crippen LogP contribution in [0.3, 0.4) is 0 Å². The van der Waals surface area contributed by atoms with Crippen molar-refractivity contribution in [2.24, 2.45) is 0 Å². The SMILES string of the molecule is CC/C=C/C=C/C=C/C=C/C=C/CCCCCC(=O)OCC(COCCC(C(=O)O)[N+](C)(C)C)OC(=O)CCCC/C=C/C/C=C/C/C=C/C/C=C/C/C=C/CCCCC. The van der Waals surface area contributed by atoms with Gasteiger partial charge in [0.05, 0.1) is 34.4 Å². The van der Waals surface area contributed by atoms with Crippen molar-refractivity contribution in [3.63, 3.8) is 0 Å². The van der Waals surface area contributed by atoms with Crippen molar-refractivity contribution < 1.29 is 38.2 Å². The van der Waals surface area contributed by atoms with Gasteiger partial charge in [-0.05, 0) is 83.5 Å². The van der Waals surface area contributed by atoms with Crippen LogP contribution < -0.4 is 0 Å². The number of hydrogen-bond acceptors (Lipinski definition) is 6. The van der Waals surface area contributed by atoms with E-state index in [1.807, 2.05) is 69.8 Å². The normalized spacial score (nSPS) is 14.1. The molecule has 0 aromatic carbocycles. The molecule has 0 saturated carbocycles. The van der Waals surface area contributed by atoms with Crippen molar-refractivity contribution in [3.8, 4) is 0 Å². The first-order valence-electron chi connectivity index (χ1n) is 22.6. The van der Waals surface area contributed by atoms with E-state index in [2.05, 4.69) is 86.8 Å². The molecule has 8 heteroatoms. The van der Waals surface area contributed by atoms with Gasteiger partial charge in [0.25, 0.3) is 0 Å². The van der Waals surface area contributed by atoms with Crippen LogP contribution in [-0.2, 0) is 28.6 Å². The quantitative estimate of drug-likeness (QED) is 0.0217. The average Bonchev–Trinajstić information content (AvgIpc) is 3.21. The van der Waals surface area contributed by atoms with Gasteiger partial charge in [0.1, 0.15) is 6.61 Å². The van der Waals surface area contributed by atoms with Gasteiger partial charge in [-0.25, -0.2) is 4.79 Å². The van der Waals surface area contributed by atoms with Gasteiger partial charge in [0.15, 0.2) is 12.1 Å². The lowest BCUT2D eigenvalue weighted by Crippen LogP contribution is -2.50. The summed E-state index contributed by atoms with van der Waals surface area (Å²) >= 11 is 0. The molecular formula is C52H82NO7+. The van der Waals surface area contributed by atoms with Crippen molar-refractivity contribution in [2.75, 3.05) is 41.0 Å². The molecule has 0 spiro atoms. The summed E-state index contributed by atoms with van der Waals surface area (Å²) in [6, 6.07) is -0.638. The van der Waals surface area contributed by atoms with E-state index in [-0.39, 0.29) is 49.1 Å². The molecule has 2 atom stereocenters. The number of likely N-dealkylation sites (N-methyl/N-ethyl adjacent to an activating group) is 1. The van der Waals surface area contributed by atoms with Gasteiger partial charge in [-0.3, -0.25) is 9.59 Å². The molecule has 0 radical (unpaired) electrons. The molecule has 60 heavy (non-hydrogen) atoms. The van der Waals surface area contributed by atoms with Crippen LogP contribution in [0.15, 0.2) is 122 Å². The third-order valence-electron chi connectivity index (χ3n) is 9.22. The maximum absolute atomic E-state index is 12.7. The number of ether oxygens (including phenoxy) is 3. The van der Waals surface area contributed by atoms with Crippen molar-refractivity contribution in [2.45, 2.75) is 148 Å². The zero-order valence-corrected chi connectivity index (χ0v) is 38.1. The topological polar surface area (TPSA) is 99.1 Å². The minimum Gasteiger partial charge on any atom is -0.477 e. The number of rotatable bonds is 38. The molecule has 1 N–H and O–H groups in total. The van der Waals surface area contributed by atoms with Crippen LogP contribution in [-0.4, -0.2) is 80.6 Å². The predicted molar refractivity (Wildman–Crippen MR) is 252 cm³/mol. The number of carbonyl (C=O) groups is 3. The number of esters is 2. The zero-order chi connectivity index (χ0) is 44.2. The molecule has 0 aliphatic carbocycles. The monoisotopic (exact) mass is 833 g/mol. The Kier molecular flexibility index (Phi) is 38.5. The van der Waals surface area contributed by atoms with E-state index >= 15 is 0 Å². The number of quaternary nitrogens is 1. The van der Waals surface area contributed by atoms with Crippen molar-refractivity contribution >= 4 is 17.9 Å². The van der Waals surface area contributed by atoms with Crippen LogP contribution in [0.1, 0.15) is 136 Å². The first-order chi connectivity index (χ1) is 29.1. The van der Waals surface area contributed by atoms with Crippen molar-refractivity contribution in [1.29, 1.82) is 0 Å². The highest BCUT2D eigenvalue weighted by Gasteiger charge is 2.31. The Morgan fingerprint density at radius 2 is 1.00 bits per heavy atom. The summed E-state index contributed by atoms with van der Waals surface area (Å²) < 4.78 is 17.2. The van der Waals surface area contributed by atoms with E-state index in [1.165, 1.54) is 25.7 Å². The van der Waals surface area contributed by atoms with Gasteiger partial charge < -0.3 is 23.8 Å². The van der Waals surface area contributed by atoms with Crippen LogP contribution in [0.2, 0.25) is 0 Å². The lowest BCUT2D eigenvalue weighted by atomic mass is 10.1. The summed E-state index contributed by atoms with van der Waals surface area (Å²) in [5.41, 5.74) is 0. The third kappa shape index (κ3) is 39.2. The highest BCUT2D eigenvalue weighted by atomic mass is 16.6. The first kappa shape index (κ1) is 55.7. The van der Waals surface area contributed by atoms with E-state index in [0.29, 0.717) is 19.3 Å². The number of hydrogen-bond donors (Lipinski definition) is 1. The second kappa shape index (κ2) is 41.5. The number of allylic oxidation sites excluding steroid dienone is 20. The highest BCUT2D eigenvalue weighted by molar-refractivity contribution is 5.72. The zero-order valence-electron chi connectivity index (χ0n) is 38.1. The number of carbonyl (C=O) groups excluding carboxylic acids is 2. The number of aliphatic carboxylic acids is 1. The fourth-order valence-electron chi connectivity index (χ4n) is 5.72. The smallest absolute Gasteiger partial charge is 0.362 e. The van der Waals surface area contributed by atoms with E-state index in [0.717, 1.165) is 64.2 Å². The standard InChI is InChI=1S/C52H81NO7/c1-6-8-10-12-14-16-18-20-22-23-24-25-26-27-29-31-33-35-37-39-41-43-51(55)60-48(46-58-45-44-49(52(56)57)53(3,4)5)47-59-50(54)42-40-38-36-34-32-30-28-21-19-17-15-13-11-9-7-2/h9,11,13-17,19-22,24-25,27-30,32-33,35,48-49H,6-8,10,12,18,23,26,31,34,36-47H2,1-5H3/p+1/b11-9+,15-13+,16-14+,19-17+,22-20+,25-24+,28-21+,29-27+,32-30+,35-33+. The van der Waals surface area contributed by atoms with E-state index in [1.54, 1.807) is 0 Å². The summed E-state index contributed by atoms with van der Waals surface area (Å²) in [6.07, 6.45) is 58.2. The van der Waals surface area contributed by atoms with Crippen LogP contribution in [0.5, 0.6) is 0 Å². The van der Waals surface area contributed by atoms with Gasteiger partial charge >= 0.3 is 17.9 Å². The Morgan fingerprint density at radius 3 is 1.53 bits per heavy atom. The van der Waals surface area contributed by atoms with E-state index in [9.17, 15) is 19.5 Å². The van der Waals surface area contributed by atoms with Crippen LogP contribution >= 0.6 is 0 Å². The molecule has 0 aromatic rings. The predicted octanol–water partition coefficient (Wildman–Crippen LogP) is 12.6. The Bertz CT molecular complexity index is 1390. The molecule has 0 aliphatic rings. The maximum Gasteiger partial charge on any atom is 0.362 e. The molecule has 0 aliphatic heterocycles. The summed E-state index contributed by atoms with van der Waals surface area (Å²) in [4.78, 5) is 37.0. The Hall–Kier alpha value is -4.27. The molecule has 0 fully saturated rings. The minimum absolute atomic E-state index is 0.0201. The number of unbranched alkanes of at least 4 members (excludes halogenated alkanes) is 8. The largest absolute Gasteiger partial charge is 0.477 e. The fraction of sp³-hybridized carbons (Fsp3) is 0.558. The van der Waals surface area contributed by atoms with Gasteiger partial charge in [-0.2, -0.15) is 0 Å². The Labute approximate surface area is 365 Å². The number of nitrogens with zero attached hydrogens (tertiary/aromatic N) is 1. The summed E-state index contributed by atoms with van der Waals surface area (Å²) in [7, 11) is 5.48. The average molecular weight is 833 g/mol. The van der Waals surface area contributed by atoms with E-state index in [4.69, 9.17) is 14.2 Å². The first-order valence-corrected chi connectivity index (χ1v) is 22.6. The molecule has 0 amide bonds. The number of carboxylic acids is 1. The molecule has 2 unspecified atom stereocenters. The molecule has 336 valence electrons. The van der Waals surface area contributed by atoms with Crippen LogP contribution in [0, 0.1) is 0 Å². The third-order valence-corrected chi connectivity index (χ3v) is 9.22. The molecule has 0 aromatic heterocycles. The van der Waals surface area contributed by atoms with Crippen molar-refractivity contribution in [1.82, 2.24) is 0 Å². The molecule has 0 saturated heterocycles. The second-order valence-electron chi connectivity index (χ2n) is 15.7. The summed E-state index contributed by atoms with van der Waals surface area (Å²) in [6.45, 7) is 4.44. The fourth-order valence-corrected chi connectivity index (χ4v) is 5.72. The summed E-state index contributed by atoms with van der Waals surface area (Å²) in [5.74, 6) is -1.60. The minimum atomic E-state index is -0.895. The summed E-state index contributed by atoms with van der Waals surface area (Å²) in [5, 5.41) is 9.63. The van der Waals surface area contributed by atoms with E-state index < -0.39 is 18.1 Å². The molecular weight excluding hydrogens is 751 g/mol. The van der Waals surface area contributed by atoms with Crippen LogP contribution in [0.25, 0.3) is 0 Å². The highest BCUT2D eigenvalue weighted by Crippen LogP contribution is 2.11. The lowest BCUT2D eigenvalue weighted by molar-refractivity contribution is -0.887. The number of carboxylic acid groups (broad SMARTS) is 1. The van der Waals surface area contributed by atoms with Gasteiger partial charge in [0, 0.05) is 19.3 Å². The maximum atomic E-state index is 12.7. The molecule has 0 rings (SSSR count). The molecule has 8 nitrogen and oxygen atoms in total.